The third-order valence-corrected chi connectivity index (χ3v) is 20.2. The van der Waals surface area contributed by atoms with Gasteiger partial charge in [0.15, 0.2) is 12.2 Å². The highest BCUT2D eigenvalue weighted by molar-refractivity contribution is 7.47. The molecule has 0 aliphatic rings. The van der Waals surface area contributed by atoms with Crippen molar-refractivity contribution in [3.8, 4) is 0 Å². The molecule has 3 N–H and O–H groups in total. The smallest absolute Gasteiger partial charge is 0.462 e. The summed E-state index contributed by atoms with van der Waals surface area (Å²) >= 11 is 0. The minimum absolute atomic E-state index is 0.104. The Balaban J connectivity index is 5.26. The molecule has 5 unspecified atom stereocenters. The number of carbonyl (C=O) groups is 4. The molecule has 19 heteroatoms. The molecular weight excluding hydrogens is 1250 g/mol. The normalized spacial score (nSPS) is 14.7. The van der Waals surface area contributed by atoms with E-state index in [4.69, 9.17) is 37.0 Å². The van der Waals surface area contributed by atoms with E-state index in [0.717, 1.165) is 114 Å². The molecule has 17 nitrogen and oxygen atoms in total. The SMILES string of the molecule is CCC(C)CCCCCCCCCCCCCCCCC(=O)O[C@H](COC(=O)CCCCCCCCCCCCCC(C)C)COP(=O)(O)OCC(O)COP(=O)(O)OC[C@@H](COC(=O)CCCCCCCCCCC(C)C)OC(=O)CCCCCCCCCCC(C)CC. The Morgan fingerprint density at radius 3 is 0.747 bits per heavy atom. The number of esters is 4. The second-order valence-electron chi connectivity index (χ2n) is 28.8. The van der Waals surface area contributed by atoms with Crippen molar-refractivity contribution in [3.63, 3.8) is 0 Å². The van der Waals surface area contributed by atoms with Gasteiger partial charge in [0.1, 0.15) is 19.3 Å². The van der Waals surface area contributed by atoms with Crippen LogP contribution in [0.1, 0.15) is 383 Å². The van der Waals surface area contributed by atoms with Crippen molar-refractivity contribution in [2.45, 2.75) is 401 Å². The fraction of sp³-hybridized carbons (Fsp3) is 0.947. The minimum Gasteiger partial charge on any atom is -0.462 e. The van der Waals surface area contributed by atoms with Crippen LogP contribution in [0.4, 0.5) is 0 Å². The number of hydrogen-bond donors (Lipinski definition) is 3. The summed E-state index contributed by atoms with van der Waals surface area (Å²) in [5.74, 6) is 0.991. The Morgan fingerprint density at radius 1 is 0.295 bits per heavy atom. The first-order valence-corrected chi connectivity index (χ1v) is 42.3. The van der Waals surface area contributed by atoms with Crippen molar-refractivity contribution < 1.29 is 80.2 Å². The fourth-order valence-corrected chi connectivity index (χ4v) is 13.1. The minimum atomic E-state index is -4.96. The molecule has 0 saturated heterocycles. The third kappa shape index (κ3) is 67.6. The van der Waals surface area contributed by atoms with Crippen LogP contribution in [-0.2, 0) is 65.4 Å². The molecule has 0 aromatic heterocycles. The van der Waals surface area contributed by atoms with Gasteiger partial charge in [-0.25, -0.2) is 9.13 Å². The highest BCUT2D eigenvalue weighted by Gasteiger charge is 2.30. The summed E-state index contributed by atoms with van der Waals surface area (Å²) in [7, 11) is -9.91. The Hall–Kier alpha value is -1.94. The van der Waals surface area contributed by atoms with Crippen LogP contribution in [-0.4, -0.2) is 96.7 Å². The van der Waals surface area contributed by atoms with Crippen LogP contribution in [0.2, 0.25) is 0 Å². The number of phosphoric acid groups is 2. The van der Waals surface area contributed by atoms with Gasteiger partial charge in [-0.3, -0.25) is 37.3 Å². The van der Waals surface area contributed by atoms with Crippen LogP contribution in [0.5, 0.6) is 0 Å². The van der Waals surface area contributed by atoms with Crippen LogP contribution in [0, 0.1) is 23.7 Å². The van der Waals surface area contributed by atoms with Crippen molar-refractivity contribution in [1.29, 1.82) is 0 Å². The van der Waals surface area contributed by atoms with Crippen molar-refractivity contribution in [2.75, 3.05) is 39.6 Å². The summed E-state index contributed by atoms with van der Waals surface area (Å²) < 4.78 is 68.5. The van der Waals surface area contributed by atoms with Gasteiger partial charge in [-0.15, -0.1) is 0 Å². The lowest BCUT2D eigenvalue weighted by molar-refractivity contribution is -0.161. The van der Waals surface area contributed by atoms with Crippen LogP contribution in [0.15, 0.2) is 0 Å². The van der Waals surface area contributed by atoms with Gasteiger partial charge in [-0.1, -0.05) is 331 Å². The third-order valence-electron chi connectivity index (χ3n) is 18.3. The molecule has 95 heavy (non-hydrogen) atoms. The maximum Gasteiger partial charge on any atom is 0.472 e. The number of aliphatic hydroxyl groups is 1. The first-order chi connectivity index (χ1) is 45.7. The molecule has 0 heterocycles. The maximum atomic E-state index is 13.1. The zero-order chi connectivity index (χ0) is 70.3. The van der Waals surface area contributed by atoms with E-state index in [1.54, 1.807) is 0 Å². The maximum absolute atomic E-state index is 13.1. The van der Waals surface area contributed by atoms with Gasteiger partial charge in [-0.05, 0) is 49.4 Å². The molecule has 0 aromatic carbocycles. The summed E-state index contributed by atoms with van der Waals surface area (Å²) in [5.41, 5.74) is 0. The molecule has 0 spiro atoms. The van der Waals surface area contributed by atoms with E-state index in [0.29, 0.717) is 25.7 Å². The lowest BCUT2D eigenvalue weighted by atomic mass is 9.99. The largest absolute Gasteiger partial charge is 0.472 e. The quantitative estimate of drug-likeness (QED) is 0.0222. The van der Waals surface area contributed by atoms with Gasteiger partial charge in [0, 0.05) is 25.7 Å². The molecule has 0 bridgehead atoms. The van der Waals surface area contributed by atoms with Crippen molar-refractivity contribution in [3.05, 3.63) is 0 Å². The zero-order valence-corrected chi connectivity index (χ0v) is 64.1. The molecule has 564 valence electrons. The average molecular weight is 1400 g/mol. The van der Waals surface area contributed by atoms with Crippen molar-refractivity contribution in [1.82, 2.24) is 0 Å². The summed E-state index contributed by atoms with van der Waals surface area (Å²) in [6.07, 6.45) is 49.8. The zero-order valence-electron chi connectivity index (χ0n) is 62.3. The molecule has 7 atom stereocenters. The Bertz CT molecular complexity index is 1870. The summed E-state index contributed by atoms with van der Waals surface area (Å²) in [6.45, 7) is 14.2. The summed E-state index contributed by atoms with van der Waals surface area (Å²) in [6, 6.07) is 0. The highest BCUT2D eigenvalue weighted by atomic mass is 31.2. The average Bonchev–Trinajstić information content (AvgIpc) is 3.41. The fourth-order valence-electron chi connectivity index (χ4n) is 11.5. The van der Waals surface area contributed by atoms with E-state index in [2.05, 4.69) is 55.4 Å². The Labute approximate surface area is 581 Å². The molecular formula is C76H148O17P2. The summed E-state index contributed by atoms with van der Waals surface area (Å²) in [4.78, 5) is 72.8. The van der Waals surface area contributed by atoms with E-state index in [-0.39, 0.29) is 25.7 Å². The molecule has 0 rings (SSSR count). The monoisotopic (exact) mass is 1400 g/mol. The molecule has 0 fully saturated rings. The van der Waals surface area contributed by atoms with Crippen LogP contribution < -0.4 is 0 Å². The number of ether oxygens (including phenoxy) is 4. The van der Waals surface area contributed by atoms with Gasteiger partial charge in [0.25, 0.3) is 0 Å². The standard InChI is InChI=1S/C76H148O17P2/c1-9-68(7)54-46-38-30-21-17-13-11-12-14-18-23-34-42-50-58-75(80)92-71(62-86-73(78)56-48-40-32-22-19-15-16-20-28-36-44-52-66(3)4)64-90-94(82,83)88-60-70(77)61-89-95(84,85)91-65-72(63-87-74(79)57-49-41-33-26-24-29-37-45-53-67(5)6)93-76(81)59-51-43-35-27-25-31-39-47-55-69(8)10-2/h66-72,77H,9-65H2,1-8H3,(H,82,83)(H,84,85)/t68?,69?,70?,71-,72-/m1/s1. The molecule has 0 aliphatic heterocycles. The number of unbranched alkanes of at least 4 members (excludes halogenated alkanes) is 37. The number of carbonyl (C=O) groups excluding carboxylic acids is 4. The van der Waals surface area contributed by atoms with Crippen molar-refractivity contribution in [2.24, 2.45) is 23.7 Å². The van der Waals surface area contributed by atoms with Crippen LogP contribution in [0.3, 0.4) is 0 Å². The van der Waals surface area contributed by atoms with Gasteiger partial charge >= 0.3 is 39.5 Å². The predicted molar refractivity (Wildman–Crippen MR) is 386 cm³/mol. The van der Waals surface area contributed by atoms with Gasteiger partial charge < -0.3 is 33.8 Å². The number of hydrogen-bond acceptors (Lipinski definition) is 15. The lowest BCUT2D eigenvalue weighted by Gasteiger charge is -2.21. The number of phosphoric ester groups is 2. The highest BCUT2D eigenvalue weighted by Crippen LogP contribution is 2.45. The van der Waals surface area contributed by atoms with E-state index in [1.165, 1.54) is 186 Å². The molecule has 0 aliphatic carbocycles. The van der Waals surface area contributed by atoms with Crippen LogP contribution in [0.25, 0.3) is 0 Å². The molecule has 0 amide bonds. The Morgan fingerprint density at radius 2 is 0.505 bits per heavy atom. The van der Waals surface area contributed by atoms with Crippen LogP contribution >= 0.6 is 15.6 Å². The second-order valence-corrected chi connectivity index (χ2v) is 31.7. The molecule has 0 saturated carbocycles. The number of rotatable bonds is 73. The number of aliphatic hydroxyl groups excluding tert-OH is 1. The van der Waals surface area contributed by atoms with E-state index >= 15 is 0 Å². The summed E-state index contributed by atoms with van der Waals surface area (Å²) in [5, 5.41) is 10.6. The molecule has 0 aromatic rings. The van der Waals surface area contributed by atoms with Gasteiger partial charge in [0.05, 0.1) is 26.4 Å². The van der Waals surface area contributed by atoms with Gasteiger partial charge in [0.2, 0.25) is 0 Å². The lowest BCUT2D eigenvalue weighted by Crippen LogP contribution is -2.30. The van der Waals surface area contributed by atoms with Crippen molar-refractivity contribution >= 4 is 39.5 Å². The first kappa shape index (κ1) is 93.1. The Kier molecular flexibility index (Phi) is 64.0. The second kappa shape index (κ2) is 65.4. The van der Waals surface area contributed by atoms with Gasteiger partial charge in [-0.2, -0.15) is 0 Å². The van der Waals surface area contributed by atoms with E-state index in [1.807, 2.05) is 0 Å². The first-order valence-electron chi connectivity index (χ1n) is 39.3. The predicted octanol–water partition coefficient (Wildman–Crippen LogP) is 22.0. The molecule has 0 radical (unpaired) electrons. The van der Waals surface area contributed by atoms with E-state index < -0.39 is 97.5 Å². The van der Waals surface area contributed by atoms with E-state index in [9.17, 15) is 43.2 Å². The topological polar surface area (TPSA) is 237 Å².